The first-order valence-corrected chi connectivity index (χ1v) is 10.5. The minimum absolute atomic E-state index is 0.309. The number of rotatable bonds is 8. The molecule has 29 heavy (non-hydrogen) atoms. The number of tetrazole rings is 1. The quantitative estimate of drug-likeness (QED) is 0.577. The van der Waals surface area contributed by atoms with Crippen molar-refractivity contribution >= 4 is 0 Å². The Kier molecular flexibility index (Phi) is 6.12. The molecule has 1 saturated carbocycles. The number of hydrogen-bond donors (Lipinski definition) is 0. The van der Waals surface area contributed by atoms with Crippen LogP contribution in [0.2, 0.25) is 0 Å². The van der Waals surface area contributed by atoms with E-state index in [1.807, 2.05) is 19.2 Å². The summed E-state index contributed by atoms with van der Waals surface area (Å²) in [5, 5.41) is 21.2. The molecule has 4 rings (SSSR count). The molecule has 0 amide bonds. The van der Waals surface area contributed by atoms with E-state index in [1.165, 1.54) is 19.3 Å². The fourth-order valence-corrected chi connectivity index (χ4v) is 3.63. The number of pyridine rings is 1. The smallest absolute Gasteiger partial charge is 0.174 e. The Bertz CT molecular complexity index is 911. The third kappa shape index (κ3) is 4.78. The fourth-order valence-electron chi connectivity index (χ4n) is 3.63. The van der Waals surface area contributed by atoms with Crippen LogP contribution in [-0.2, 0) is 20.0 Å². The van der Waals surface area contributed by atoms with Crippen LogP contribution >= 0.6 is 0 Å². The highest BCUT2D eigenvalue weighted by molar-refractivity contribution is 5.57. The van der Waals surface area contributed by atoms with Crippen molar-refractivity contribution in [2.45, 2.75) is 70.9 Å². The predicted octanol–water partition coefficient (Wildman–Crippen LogP) is 2.97. The summed E-state index contributed by atoms with van der Waals surface area (Å²) in [5.41, 5.74) is 2.37. The molecule has 1 aliphatic rings. The fraction of sp³-hybridized carbons (Fsp3) is 0.600. The minimum Gasteiger partial charge on any atom is -0.489 e. The molecule has 0 aromatic carbocycles. The van der Waals surface area contributed by atoms with Crippen LogP contribution in [0.3, 0.4) is 0 Å². The minimum atomic E-state index is 0.309. The van der Waals surface area contributed by atoms with Crippen LogP contribution in [0.5, 0.6) is 5.75 Å². The standard InChI is InChI=1S/C20H28N8O/c1-3-4-10-19-22-26-28(24-19)14-18-20(23-25-27(18)2)17-12-11-16(13-21-17)29-15-8-6-5-7-9-15/h11-13,15H,3-10,14H2,1-2H3. The van der Waals surface area contributed by atoms with Crippen molar-refractivity contribution in [2.24, 2.45) is 7.05 Å². The van der Waals surface area contributed by atoms with Crippen LogP contribution in [0.1, 0.15) is 63.4 Å². The van der Waals surface area contributed by atoms with Crippen molar-refractivity contribution in [1.29, 1.82) is 0 Å². The van der Waals surface area contributed by atoms with Gasteiger partial charge in [0.2, 0.25) is 0 Å². The van der Waals surface area contributed by atoms with Gasteiger partial charge >= 0.3 is 0 Å². The van der Waals surface area contributed by atoms with Gasteiger partial charge in [0, 0.05) is 13.5 Å². The van der Waals surface area contributed by atoms with Gasteiger partial charge in [0.1, 0.15) is 18.0 Å². The highest BCUT2D eigenvalue weighted by atomic mass is 16.5. The number of nitrogens with zero attached hydrogens (tertiary/aromatic N) is 8. The van der Waals surface area contributed by atoms with Gasteiger partial charge in [-0.3, -0.25) is 4.98 Å². The van der Waals surface area contributed by atoms with Crippen LogP contribution in [0.25, 0.3) is 11.4 Å². The van der Waals surface area contributed by atoms with Gasteiger partial charge in [0.25, 0.3) is 0 Å². The summed E-state index contributed by atoms with van der Waals surface area (Å²) in [7, 11) is 1.86. The Balaban J connectivity index is 1.47. The van der Waals surface area contributed by atoms with E-state index in [-0.39, 0.29) is 0 Å². The van der Waals surface area contributed by atoms with Crippen molar-refractivity contribution in [1.82, 2.24) is 40.2 Å². The third-order valence-electron chi connectivity index (χ3n) is 5.32. The molecule has 9 nitrogen and oxygen atoms in total. The highest BCUT2D eigenvalue weighted by Gasteiger charge is 2.18. The van der Waals surface area contributed by atoms with Crippen LogP contribution in [0, 0.1) is 0 Å². The summed E-state index contributed by atoms with van der Waals surface area (Å²) < 4.78 is 7.81. The molecular formula is C20H28N8O. The SMILES string of the molecule is CCCCc1nnn(Cc2c(-c3ccc(OC4CCCCC4)cn3)nnn2C)n1. The monoisotopic (exact) mass is 396 g/mol. The first-order chi connectivity index (χ1) is 14.2. The molecule has 0 spiro atoms. The topological polar surface area (TPSA) is 96.4 Å². The lowest BCUT2D eigenvalue weighted by atomic mass is 9.98. The lowest BCUT2D eigenvalue weighted by Gasteiger charge is -2.22. The second kappa shape index (κ2) is 9.11. The Hall–Kier alpha value is -2.84. The number of aromatic nitrogens is 8. The molecule has 154 valence electrons. The van der Waals surface area contributed by atoms with Gasteiger partial charge in [0.15, 0.2) is 5.82 Å². The van der Waals surface area contributed by atoms with Gasteiger partial charge in [0.05, 0.1) is 23.7 Å². The molecule has 1 fully saturated rings. The summed E-state index contributed by atoms with van der Waals surface area (Å²) in [6.07, 6.45) is 11.2. The van der Waals surface area contributed by atoms with E-state index < -0.39 is 0 Å². The third-order valence-corrected chi connectivity index (χ3v) is 5.32. The average Bonchev–Trinajstić information content (AvgIpc) is 3.35. The van der Waals surface area contributed by atoms with Crippen molar-refractivity contribution in [3.8, 4) is 17.1 Å². The molecular weight excluding hydrogens is 368 g/mol. The number of ether oxygens (including phenoxy) is 1. The second-order valence-corrected chi connectivity index (χ2v) is 7.60. The average molecular weight is 396 g/mol. The van der Waals surface area contributed by atoms with Crippen molar-refractivity contribution in [2.75, 3.05) is 0 Å². The largest absolute Gasteiger partial charge is 0.489 e. The van der Waals surface area contributed by atoms with E-state index in [2.05, 4.69) is 37.6 Å². The lowest BCUT2D eigenvalue weighted by molar-refractivity contribution is 0.154. The van der Waals surface area contributed by atoms with Gasteiger partial charge in [-0.15, -0.1) is 15.3 Å². The Morgan fingerprint density at radius 1 is 1.10 bits per heavy atom. The van der Waals surface area contributed by atoms with E-state index >= 15 is 0 Å². The Morgan fingerprint density at radius 3 is 2.72 bits per heavy atom. The Labute approximate surface area is 170 Å². The van der Waals surface area contributed by atoms with Gasteiger partial charge < -0.3 is 4.74 Å². The van der Waals surface area contributed by atoms with Crippen LogP contribution in [0.15, 0.2) is 18.3 Å². The van der Waals surface area contributed by atoms with E-state index in [9.17, 15) is 0 Å². The molecule has 3 heterocycles. The van der Waals surface area contributed by atoms with Crippen molar-refractivity contribution in [3.05, 3.63) is 29.8 Å². The number of hydrogen-bond acceptors (Lipinski definition) is 7. The first kappa shape index (κ1) is 19.5. The molecule has 0 atom stereocenters. The van der Waals surface area contributed by atoms with Gasteiger partial charge in [-0.05, 0) is 49.5 Å². The zero-order chi connectivity index (χ0) is 20.1. The zero-order valence-corrected chi connectivity index (χ0v) is 17.2. The predicted molar refractivity (Wildman–Crippen MR) is 107 cm³/mol. The van der Waals surface area contributed by atoms with Gasteiger partial charge in [-0.2, -0.15) is 4.80 Å². The second-order valence-electron chi connectivity index (χ2n) is 7.60. The first-order valence-electron chi connectivity index (χ1n) is 10.5. The van der Waals surface area contributed by atoms with E-state index in [4.69, 9.17) is 4.74 Å². The zero-order valence-electron chi connectivity index (χ0n) is 17.2. The molecule has 3 aromatic heterocycles. The molecule has 0 radical (unpaired) electrons. The molecule has 0 bridgehead atoms. The Morgan fingerprint density at radius 2 is 1.97 bits per heavy atom. The number of unbranched alkanes of at least 4 members (excludes halogenated alkanes) is 1. The van der Waals surface area contributed by atoms with Crippen molar-refractivity contribution < 1.29 is 4.74 Å². The summed E-state index contributed by atoms with van der Waals surface area (Å²) in [4.78, 5) is 6.16. The lowest BCUT2D eigenvalue weighted by Crippen LogP contribution is -2.19. The van der Waals surface area contributed by atoms with Gasteiger partial charge in [-0.1, -0.05) is 25.0 Å². The van der Waals surface area contributed by atoms with Gasteiger partial charge in [-0.25, -0.2) is 4.68 Å². The molecule has 0 unspecified atom stereocenters. The molecule has 1 aliphatic carbocycles. The maximum atomic E-state index is 6.08. The summed E-state index contributed by atoms with van der Waals surface area (Å²) in [6.45, 7) is 2.59. The van der Waals surface area contributed by atoms with E-state index in [0.717, 1.165) is 60.8 Å². The maximum absolute atomic E-state index is 6.08. The highest BCUT2D eigenvalue weighted by Crippen LogP contribution is 2.25. The summed E-state index contributed by atoms with van der Waals surface area (Å²) in [5.74, 6) is 1.58. The van der Waals surface area contributed by atoms with Crippen molar-refractivity contribution in [3.63, 3.8) is 0 Å². The van der Waals surface area contributed by atoms with Crippen LogP contribution in [0.4, 0.5) is 0 Å². The normalized spacial score (nSPS) is 15.0. The number of aryl methyl sites for hydroxylation is 2. The summed E-state index contributed by atoms with van der Waals surface area (Å²) >= 11 is 0. The van der Waals surface area contributed by atoms with E-state index in [1.54, 1.807) is 15.7 Å². The molecule has 0 N–H and O–H groups in total. The molecule has 9 heteroatoms. The summed E-state index contributed by atoms with van der Waals surface area (Å²) in [6, 6.07) is 3.90. The molecule has 0 saturated heterocycles. The van der Waals surface area contributed by atoms with E-state index in [0.29, 0.717) is 12.6 Å². The van der Waals surface area contributed by atoms with Crippen LogP contribution in [-0.4, -0.2) is 46.3 Å². The maximum Gasteiger partial charge on any atom is 0.174 e. The van der Waals surface area contributed by atoms with Crippen LogP contribution < -0.4 is 4.74 Å². The molecule has 3 aromatic rings. The molecule has 0 aliphatic heterocycles.